The molecule has 1 atom stereocenters. The summed E-state index contributed by atoms with van der Waals surface area (Å²) < 4.78 is 2.18. The maximum absolute atomic E-state index is 13.2. The first kappa shape index (κ1) is 24.1. The summed E-state index contributed by atoms with van der Waals surface area (Å²) in [4.78, 5) is 38.3. The molecule has 0 aliphatic rings. The van der Waals surface area contributed by atoms with Gasteiger partial charge in [0.15, 0.2) is 6.04 Å². The van der Waals surface area contributed by atoms with E-state index in [1.165, 1.54) is 0 Å². The number of carbonyl (C=O) groups is 2. The Hall–Kier alpha value is -3.03. The Labute approximate surface area is 216 Å². The van der Waals surface area contributed by atoms with Gasteiger partial charge in [-0.2, -0.15) is 10.2 Å². The highest BCUT2D eigenvalue weighted by Crippen LogP contribution is 2.30. The third-order valence-electron chi connectivity index (χ3n) is 4.83. The van der Waals surface area contributed by atoms with Gasteiger partial charge < -0.3 is 5.32 Å². The molecule has 0 fully saturated rings. The van der Waals surface area contributed by atoms with Crippen LogP contribution in [0.5, 0.6) is 0 Å². The fourth-order valence-electron chi connectivity index (χ4n) is 3.26. The maximum atomic E-state index is 13.2. The van der Waals surface area contributed by atoms with Crippen LogP contribution >= 0.6 is 45.7 Å². The second-order valence-electron chi connectivity index (χ2n) is 6.99. The fraction of sp³-hybridized carbons (Fsp3) is 0.0870. The van der Waals surface area contributed by atoms with Gasteiger partial charge in [0.05, 0.1) is 18.7 Å². The van der Waals surface area contributed by atoms with Crippen LogP contribution in [0.15, 0.2) is 74.8 Å². The minimum absolute atomic E-state index is 0.210. The van der Waals surface area contributed by atoms with Crippen LogP contribution in [0, 0.1) is 2.88 Å². The first-order valence-corrected chi connectivity index (χ1v) is 13.1. The van der Waals surface area contributed by atoms with E-state index in [9.17, 15) is 14.4 Å². The first-order valence-electron chi connectivity index (χ1n) is 9.97. The second-order valence-corrected chi connectivity index (χ2v) is 11.0. The van der Waals surface area contributed by atoms with Crippen LogP contribution in [0.3, 0.4) is 0 Å². The Morgan fingerprint density at radius 2 is 1.85 bits per heavy atom. The summed E-state index contributed by atoms with van der Waals surface area (Å²) in [5.41, 5.74) is 3.60. The molecule has 0 saturated carbocycles. The quantitative estimate of drug-likeness (QED) is 0.128. The number of aromatic amines is 1. The van der Waals surface area contributed by atoms with Gasteiger partial charge in [0.2, 0.25) is 0 Å². The molecule has 0 aliphatic heterocycles. The molecule has 4 aromatic rings. The molecule has 4 rings (SSSR count). The highest BCUT2D eigenvalue weighted by molar-refractivity contribution is 14.1. The highest BCUT2D eigenvalue weighted by atomic mass is 127. The zero-order chi connectivity index (χ0) is 24.1. The summed E-state index contributed by atoms with van der Waals surface area (Å²) in [6.07, 6.45) is 3.54. The van der Waals surface area contributed by atoms with Gasteiger partial charge in [-0.3, -0.25) is 14.4 Å². The zero-order valence-corrected chi connectivity index (χ0v) is 21.5. The monoisotopic (exact) mass is 603 g/mol. The topological polar surface area (TPSA) is 116 Å². The lowest BCUT2D eigenvalue weighted by molar-refractivity contribution is -0.123. The number of hydrogen-bond acceptors (Lipinski definition) is 7. The molecule has 172 valence electrons. The van der Waals surface area contributed by atoms with Gasteiger partial charge in [-0.15, -0.1) is 23.1 Å². The number of nitrogens with zero attached hydrogens (tertiary/aromatic N) is 2. The van der Waals surface area contributed by atoms with Crippen LogP contribution in [-0.2, 0) is 4.79 Å². The number of carbonyl (C=O) groups excluding carboxylic acids is 2. The van der Waals surface area contributed by atoms with Crippen molar-refractivity contribution < 1.29 is 9.59 Å². The van der Waals surface area contributed by atoms with Gasteiger partial charge >= 0.3 is 0 Å². The first-order chi connectivity index (χ1) is 16.5. The van der Waals surface area contributed by atoms with Crippen molar-refractivity contribution in [3.8, 4) is 0 Å². The average Bonchev–Trinajstić information content (AvgIpc) is 3.23. The van der Waals surface area contributed by atoms with Crippen LogP contribution in [-0.4, -0.2) is 34.5 Å². The lowest BCUT2D eigenvalue weighted by atomic mass is 10.0. The number of thiophene rings is 1. The smallest absolute Gasteiger partial charge is 0.272 e. The summed E-state index contributed by atoms with van der Waals surface area (Å²) in [5, 5.41) is 14.2. The second kappa shape index (κ2) is 10.9. The number of thioether (sulfide) groups is 1. The Morgan fingerprint density at radius 3 is 2.59 bits per heavy atom. The number of hydrazone groups is 1. The largest absolute Gasteiger partial charge is 0.335 e. The van der Waals surface area contributed by atoms with E-state index in [0.29, 0.717) is 16.3 Å². The summed E-state index contributed by atoms with van der Waals surface area (Å²) in [7, 11) is 0. The number of aromatic nitrogens is 2. The van der Waals surface area contributed by atoms with Gasteiger partial charge in [0.1, 0.15) is 5.69 Å². The van der Waals surface area contributed by atoms with Gasteiger partial charge in [-0.1, -0.05) is 36.4 Å². The summed E-state index contributed by atoms with van der Waals surface area (Å²) in [5.74, 6) is -1.06. The van der Waals surface area contributed by atoms with E-state index < -0.39 is 17.9 Å². The number of nitrogens with one attached hydrogen (secondary N) is 3. The van der Waals surface area contributed by atoms with Crippen molar-refractivity contribution in [2.45, 2.75) is 10.3 Å². The van der Waals surface area contributed by atoms with Crippen LogP contribution in [0.2, 0.25) is 0 Å². The van der Waals surface area contributed by atoms with E-state index in [1.807, 2.05) is 12.3 Å². The van der Waals surface area contributed by atoms with E-state index in [0.717, 1.165) is 12.7 Å². The van der Waals surface area contributed by atoms with Gasteiger partial charge in [0, 0.05) is 16.5 Å². The molecule has 2 heterocycles. The predicted octanol–water partition coefficient (Wildman–Crippen LogP) is 3.93. The van der Waals surface area contributed by atoms with E-state index in [1.54, 1.807) is 83.9 Å². The van der Waals surface area contributed by atoms with E-state index in [-0.39, 0.29) is 11.3 Å². The third kappa shape index (κ3) is 5.37. The minimum Gasteiger partial charge on any atom is -0.335 e. The Morgan fingerprint density at radius 1 is 1.15 bits per heavy atom. The number of H-pyrrole nitrogens is 1. The molecule has 2 aromatic heterocycles. The minimum atomic E-state index is -1.20. The Kier molecular flexibility index (Phi) is 7.75. The van der Waals surface area contributed by atoms with Crippen LogP contribution < -0.4 is 16.3 Å². The van der Waals surface area contributed by atoms with Crippen LogP contribution in [0.4, 0.5) is 0 Å². The molecule has 0 spiro atoms. The SMILES string of the molecule is CSc1sc(I)cc1C=NNC(=O)C(NC(=O)c1ccccc1)c1n[nH]c(=O)c2ccccc12. The van der Waals surface area contributed by atoms with E-state index in [2.05, 4.69) is 48.6 Å². The van der Waals surface area contributed by atoms with Crippen LogP contribution in [0.25, 0.3) is 10.8 Å². The molecule has 8 nitrogen and oxygen atoms in total. The van der Waals surface area contributed by atoms with Gasteiger partial charge in [-0.05, 0) is 53.1 Å². The number of rotatable bonds is 7. The van der Waals surface area contributed by atoms with Crippen molar-refractivity contribution in [3.63, 3.8) is 0 Å². The van der Waals surface area contributed by atoms with Crippen molar-refractivity contribution in [2.24, 2.45) is 5.10 Å². The molecule has 0 bridgehead atoms. The molecule has 2 amide bonds. The normalized spacial score (nSPS) is 12.1. The third-order valence-corrected chi connectivity index (χ3v) is 7.89. The van der Waals surface area contributed by atoms with E-state index in [4.69, 9.17) is 0 Å². The Bertz CT molecular complexity index is 1440. The van der Waals surface area contributed by atoms with Crippen molar-refractivity contribution >= 4 is 74.5 Å². The molecule has 0 radical (unpaired) electrons. The lowest BCUT2D eigenvalue weighted by Gasteiger charge is -2.18. The van der Waals surface area contributed by atoms with Crippen LogP contribution in [0.1, 0.15) is 27.7 Å². The molecule has 11 heteroatoms. The molecular weight excluding hydrogens is 585 g/mol. The summed E-state index contributed by atoms with van der Waals surface area (Å²) >= 11 is 5.46. The van der Waals surface area contributed by atoms with Crippen molar-refractivity contribution in [1.29, 1.82) is 0 Å². The average molecular weight is 603 g/mol. The molecule has 0 saturated heterocycles. The zero-order valence-electron chi connectivity index (χ0n) is 17.7. The molecule has 0 aliphatic carbocycles. The Balaban J connectivity index is 1.67. The van der Waals surface area contributed by atoms with Gasteiger partial charge in [0.25, 0.3) is 17.4 Å². The number of hydrogen-bond donors (Lipinski definition) is 3. The van der Waals surface area contributed by atoms with Gasteiger partial charge in [-0.25, -0.2) is 10.5 Å². The fourth-order valence-corrected chi connectivity index (χ4v) is 6.24. The molecular formula is C23H18IN5O3S2. The number of fused-ring (bicyclic) bond motifs is 1. The predicted molar refractivity (Wildman–Crippen MR) is 144 cm³/mol. The molecule has 1 unspecified atom stereocenters. The van der Waals surface area contributed by atoms with Crippen molar-refractivity contribution in [2.75, 3.05) is 6.26 Å². The highest BCUT2D eigenvalue weighted by Gasteiger charge is 2.27. The van der Waals surface area contributed by atoms with Crippen molar-refractivity contribution in [3.05, 3.63) is 90.7 Å². The lowest BCUT2D eigenvalue weighted by Crippen LogP contribution is -2.40. The van der Waals surface area contributed by atoms with E-state index >= 15 is 0 Å². The van der Waals surface area contributed by atoms with Crippen molar-refractivity contribution in [1.82, 2.24) is 20.9 Å². The number of benzene rings is 2. The summed E-state index contributed by atoms with van der Waals surface area (Å²) in [6.45, 7) is 0. The molecule has 3 N–H and O–H groups in total. The molecule has 2 aromatic carbocycles. The number of halogens is 1. The number of amides is 2. The maximum Gasteiger partial charge on any atom is 0.272 e. The summed E-state index contributed by atoms with van der Waals surface area (Å²) in [6, 6.07) is 16.1. The molecule has 34 heavy (non-hydrogen) atoms. The standard InChI is InChI=1S/C23H18IN5O3S2/c1-33-23-14(11-17(24)34-23)12-25-28-22(32)19(26-20(30)13-7-3-2-4-8-13)18-15-9-5-6-10-16(15)21(31)29-27-18/h2-12,19H,1H3,(H,26,30)(H,28,32)(H,29,31).